The Morgan fingerprint density at radius 2 is 2.29 bits per heavy atom. The van der Waals surface area contributed by atoms with Gasteiger partial charge in [0.2, 0.25) is 0 Å². The minimum Gasteiger partial charge on any atom is -0.266 e. The van der Waals surface area contributed by atoms with Crippen molar-refractivity contribution in [1.29, 1.82) is 0 Å². The third kappa shape index (κ3) is 4.77. The first-order chi connectivity index (χ1) is 8.10. The number of sulfonamides is 1. The van der Waals surface area contributed by atoms with Crippen molar-refractivity contribution in [3.8, 4) is 0 Å². The minimum absolute atomic E-state index is 0.117. The van der Waals surface area contributed by atoms with Crippen LogP contribution in [0.3, 0.4) is 0 Å². The molecule has 7 heteroatoms. The number of halogens is 1. The molecule has 1 rings (SSSR count). The molecule has 1 unspecified atom stereocenters. The van der Waals surface area contributed by atoms with Crippen molar-refractivity contribution >= 4 is 26.0 Å². The van der Waals surface area contributed by atoms with E-state index in [9.17, 15) is 8.42 Å². The molecule has 0 bridgehead atoms. The summed E-state index contributed by atoms with van der Waals surface area (Å²) in [5, 5.41) is 7.10. The van der Waals surface area contributed by atoms with Gasteiger partial charge in [-0.05, 0) is 24.8 Å². The molecule has 2 N–H and O–H groups in total. The fourth-order valence-electron chi connectivity index (χ4n) is 1.61. The molecule has 5 nitrogen and oxygen atoms in total. The highest BCUT2D eigenvalue weighted by atomic mass is 79.9. The zero-order chi connectivity index (χ0) is 12.7. The van der Waals surface area contributed by atoms with Crippen molar-refractivity contribution < 1.29 is 8.42 Å². The monoisotopic (exact) mass is 323 g/mol. The van der Waals surface area contributed by atoms with Gasteiger partial charge in [0.25, 0.3) is 10.0 Å². The van der Waals surface area contributed by atoms with Crippen LogP contribution in [0.4, 0.5) is 0 Å². The second-order valence-corrected chi connectivity index (χ2v) is 6.43. The number of H-pyrrole nitrogens is 1. The Kier molecular flexibility index (Phi) is 6.15. The number of aromatic nitrogens is 2. The summed E-state index contributed by atoms with van der Waals surface area (Å²) in [5.74, 6) is 0.372. The normalized spacial score (nSPS) is 13.8. The van der Waals surface area contributed by atoms with E-state index in [1.54, 1.807) is 0 Å². The molecule has 98 valence electrons. The second kappa shape index (κ2) is 7.13. The Bertz CT molecular complexity index is 399. The molecule has 0 fully saturated rings. The minimum atomic E-state index is -3.43. The van der Waals surface area contributed by atoms with Crippen LogP contribution in [-0.4, -0.2) is 30.5 Å². The van der Waals surface area contributed by atoms with E-state index in [2.05, 4.69) is 37.8 Å². The number of hydrogen-bond donors (Lipinski definition) is 2. The predicted octanol–water partition coefficient (Wildman–Crippen LogP) is 1.89. The third-order valence-electron chi connectivity index (χ3n) is 2.54. The first-order valence-electron chi connectivity index (χ1n) is 5.65. The topological polar surface area (TPSA) is 74.8 Å². The first-order valence-corrected chi connectivity index (χ1v) is 8.25. The molecule has 1 atom stereocenters. The van der Waals surface area contributed by atoms with Crippen LogP contribution in [0.5, 0.6) is 0 Å². The van der Waals surface area contributed by atoms with E-state index in [1.807, 2.05) is 0 Å². The van der Waals surface area contributed by atoms with Gasteiger partial charge in [-0.1, -0.05) is 29.3 Å². The van der Waals surface area contributed by atoms with Crippen molar-refractivity contribution in [3.63, 3.8) is 0 Å². The van der Waals surface area contributed by atoms with Crippen LogP contribution in [-0.2, 0) is 10.0 Å². The van der Waals surface area contributed by atoms with Gasteiger partial charge in [-0.25, -0.2) is 13.1 Å². The van der Waals surface area contributed by atoms with Crippen LogP contribution < -0.4 is 4.72 Å². The fraction of sp³-hybridized carbons (Fsp3) is 0.700. The Balaban J connectivity index is 2.53. The lowest BCUT2D eigenvalue weighted by Gasteiger charge is -2.15. The first kappa shape index (κ1) is 14.7. The summed E-state index contributed by atoms with van der Waals surface area (Å²) in [5.41, 5.74) is 0. The highest BCUT2D eigenvalue weighted by Gasteiger charge is 2.17. The fourth-order valence-corrected chi connectivity index (χ4v) is 3.28. The van der Waals surface area contributed by atoms with E-state index in [0.717, 1.165) is 24.6 Å². The van der Waals surface area contributed by atoms with E-state index in [-0.39, 0.29) is 5.03 Å². The molecule has 0 spiro atoms. The highest BCUT2D eigenvalue weighted by molar-refractivity contribution is 9.09. The third-order valence-corrected chi connectivity index (χ3v) is 4.35. The van der Waals surface area contributed by atoms with Crippen molar-refractivity contribution in [2.24, 2.45) is 5.92 Å². The van der Waals surface area contributed by atoms with E-state index in [0.29, 0.717) is 12.5 Å². The molecule has 0 saturated carbocycles. The van der Waals surface area contributed by atoms with Crippen LogP contribution in [0.2, 0.25) is 0 Å². The molecule has 1 aromatic rings. The summed E-state index contributed by atoms with van der Waals surface area (Å²) in [6, 6.07) is 1.45. The molecule has 1 heterocycles. The van der Waals surface area contributed by atoms with Gasteiger partial charge in [0.15, 0.2) is 5.03 Å². The lowest BCUT2D eigenvalue weighted by Crippen LogP contribution is -2.30. The lowest BCUT2D eigenvalue weighted by atomic mass is 10.0. The Morgan fingerprint density at radius 1 is 1.53 bits per heavy atom. The summed E-state index contributed by atoms with van der Waals surface area (Å²) in [6.07, 6.45) is 4.48. The van der Waals surface area contributed by atoms with Gasteiger partial charge < -0.3 is 0 Å². The van der Waals surface area contributed by atoms with Gasteiger partial charge in [-0.15, -0.1) is 0 Å². The standard InChI is InChI=1S/C10H18BrN3O2S/c1-2-3-9(4-6-11)8-13-17(15,16)10-5-7-12-14-10/h5,7,9,13H,2-4,6,8H2,1H3,(H,12,14). The second-order valence-electron chi connectivity index (χ2n) is 3.91. The van der Waals surface area contributed by atoms with E-state index in [4.69, 9.17) is 0 Å². The van der Waals surface area contributed by atoms with Gasteiger partial charge in [0.1, 0.15) is 0 Å². The molecule has 1 aromatic heterocycles. The summed E-state index contributed by atoms with van der Waals surface area (Å²) >= 11 is 3.39. The smallest absolute Gasteiger partial charge is 0.257 e. The molecule has 0 aliphatic rings. The van der Waals surface area contributed by atoms with Crippen LogP contribution in [0, 0.1) is 5.92 Å². The number of nitrogens with zero attached hydrogens (tertiary/aromatic N) is 1. The van der Waals surface area contributed by atoms with Crippen molar-refractivity contribution in [2.45, 2.75) is 31.2 Å². The maximum absolute atomic E-state index is 11.8. The molecule has 0 aromatic carbocycles. The number of rotatable bonds is 8. The predicted molar refractivity (Wildman–Crippen MR) is 70.6 cm³/mol. The summed E-state index contributed by atoms with van der Waals surface area (Å²) in [6.45, 7) is 2.57. The summed E-state index contributed by atoms with van der Waals surface area (Å²) < 4.78 is 26.2. The molecule has 0 aliphatic carbocycles. The van der Waals surface area contributed by atoms with Gasteiger partial charge in [-0.3, -0.25) is 5.10 Å². The highest BCUT2D eigenvalue weighted by Crippen LogP contribution is 2.13. The quantitative estimate of drug-likeness (QED) is 0.717. The van der Waals surface area contributed by atoms with Crippen LogP contribution in [0.25, 0.3) is 0 Å². The largest absolute Gasteiger partial charge is 0.266 e. The maximum Gasteiger partial charge on any atom is 0.257 e. The van der Waals surface area contributed by atoms with E-state index >= 15 is 0 Å². The Hall–Kier alpha value is -0.400. The molecule has 0 radical (unpaired) electrons. The Labute approximate surface area is 111 Å². The Morgan fingerprint density at radius 3 is 2.82 bits per heavy atom. The molecule has 0 amide bonds. The van der Waals surface area contributed by atoms with Gasteiger partial charge >= 0.3 is 0 Å². The van der Waals surface area contributed by atoms with Crippen LogP contribution >= 0.6 is 15.9 Å². The zero-order valence-electron chi connectivity index (χ0n) is 9.82. The van der Waals surface area contributed by atoms with Crippen LogP contribution in [0.1, 0.15) is 26.2 Å². The molecular weight excluding hydrogens is 306 g/mol. The molecular formula is C10H18BrN3O2S. The number of alkyl halides is 1. The van der Waals surface area contributed by atoms with Crippen molar-refractivity contribution in [1.82, 2.24) is 14.9 Å². The average Bonchev–Trinajstić information content (AvgIpc) is 2.81. The van der Waals surface area contributed by atoms with Gasteiger partial charge in [0.05, 0.1) is 6.20 Å². The van der Waals surface area contributed by atoms with Gasteiger partial charge in [-0.2, -0.15) is 5.10 Å². The van der Waals surface area contributed by atoms with E-state index in [1.165, 1.54) is 12.3 Å². The summed E-state index contributed by atoms with van der Waals surface area (Å²) in [4.78, 5) is 0. The van der Waals surface area contributed by atoms with Crippen molar-refractivity contribution in [3.05, 3.63) is 12.3 Å². The summed E-state index contributed by atoms with van der Waals surface area (Å²) in [7, 11) is -3.43. The number of aromatic amines is 1. The van der Waals surface area contributed by atoms with Crippen LogP contribution in [0.15, 0.2) is 17.3 Å². The average molecular weight is 324 g/mol. The lowest BCUT2D eigenvalue weighted by molar-refractivity contribution is 0.458. The maximum atomic E-state index is 11.8. The zero-order valence-corrected chi connectivity index (χ0v) is 12.2. The number of hydrogen-bond acceptors (Lipinski definition) is 3. The number of nitrogens with one attached hydrogen (secondary N) is 2. The van der Waals surface area contributed by atoms with Gasteiger partial charge in [0, 0.05) is 11.9 Å². The molecule has 0 saturated heterocycles. The SMILES string of the molecule is CCCC(CCBr)CNS(=O)(=O)c1ccn[nH]1. The molecule has 17 heavy (non-hydrogen) atoms. The van der Waals surface area contributed by atoms with Crippen molar-refractivity contribution in [2.75, 3.05) is 11.9 Å². The molecule has 0 aliphatic heterocycles. The van der Waals surface area contributed by atoms with E-state index < -0.39 is 10.0 Å².